The van der Waals surface area contributed by atoms with E-state index in [4.69, 9.17) is 12.6 Å². The lowest BCUT2D eigenvalue weighted by Crippen LogP contribution is -2.25. The molecule has 66 valence electrons. The number of hydrogen-bond acceptors (Lipinski definition) is 2. The van der Waals surface area contributed by atoms with Gasteiger partial charge in [0, 0.05) is 4.75 Å². The molecule has 0 aliphatic heterocycles. The molecule has 0 bridgehead atoms. The molecule has 11 heavy (non-hydrogen) atoms. The molecule has 0 N–H and O–H groups in total. The number of rotatable bonds is 3. The van der Waals surface area contributed by atoms with E-state index in [1.165, 1.54) is 44.3 Å². The normalized spacial score (nSPS) is 23.5. The second-order valence-electron chi connectivity index (χ2n) is 3.53. The van der Waals surface area contributed by atoms with Gasteiger partial charge in [-0.05, 0) is 31.3 Å². The molecule has 0 radical (unpaired) electrons. The standard InChI is InChI=1S/C9H18S2/c1-11-8-7-9(10)5-3-2-4-6-9/h10H,2-8H2,1H3. The van der Waals surface area contributed by atoms with Gasteiger partial charge in [-0.3, -0.25) is 0 Å². The maximum Gasteiger partial charge on any atom is 0.0137 e. The quantitative estimate of drug-likeness (QED) is 0.666. The molecule has 0 unspecified atom stereocenters. The Bertz CT molecular complexity index is 106. The Morgan fingerprint density at radius 3 is 2.45 bits per heavy atom. The molecule has 0 aromatic heterocycles. The van der Waals surface area contributed by atoms with Crippen molar-refractivity contribution in [2.75, 3.05) is 12.0 Å². The van der Waals surface area contributed by atoms with E-state index in [0.29, 0.717) is 4.75 Å². The van der Waals surface area contributed by atoms with E-state index in [1.54, 1.807) is 0 Å². The SMILES string of the molecule is CSCCC1(S)CCCCC1. The first-order chi connectivity index (χ1) is 5.27. The fourth-order valence-electron chi connectivity index (χ4n) is 1.75. The van der Waals surface area contributed by atoms with Crippen molar-refractivity contribution in [2.24, 2.45) is 0 Å². The van der Waals surface area contributed by atoms with Gasteiger partial charge in [-0.1, -0.05) is 19.3 Å². The number of thiol groups is 1. The van der Waals surface area contributed by atoms with Crippen LogP contribution >= 0.6 is 24.4 Å². The summed E-state index contributed by atoms with van der Waals surface area (Å²) in [5, 5.41) is 0. The average Bonchev–Trinajstić information content (AvgIpc) is 2.03. The van der Waals surface area contributed by atoms with Crippen molar-refractivity contribution in [2.45, 2.75) is 43.3 Å². The molecule has 1 fully saturated rings. The van der Waals surface area contributed by atoms with Crippen LogP contribution in [-0.2, 0) is 0 Å². The summed E-state index contributed by atoms with van der Waals surface area (Å²) >= 11 is 6.72. The number of thioether (sulfide) groups is 1. The molecule has 0 nitrogen and oxygen atoms in total. The maximum absolute atomic E-state index is 4.77. The van der Waals surface area contributed by atoms with Crippen molar-refractivity contribution >= 4 is 24.4 Å². The minimum absolute atomic E-state index is 0.404. The molecule has 0 saturated heterocycles. The fourth-order valence-corrected chi connectivity index (χ4v) is 2.93. The highest BCUT2D eigenvalue weighted by molar-refractivity contribution is 7.98. The van der Waals surface area contributed by atoms with E-state index >= 15 is 0 Å². The zero-order valence-corrected chi connectivity index (χ0v) is 9.02. The molecule has 0 amide bonds. The van der Waals surface area contributed by atoms with Gasteiger partial charge in [0.1, 0.15) is 0 Å². The van der Waals surface area contributed by atoms with Gasteiger partial charge in [0.15, 0.2) is 0 Å². The molecule has 1 aliphatic rings. The van der Waals surface area contributed by atoms with Crippen LogP contribution in [0.15, 0.2) is 0 Å². The van der Waals surface area contributed by atoms with Crippen LogP contribution in [-0.4, -0.2) is 16.8 Å². The first-order valence-electron chi connectivity index (χ1n) is 4.48. The van der Waals surface area contributed by atoms with Crippen LogP contribution in [0.5, 0.6) is 0 Å². The molecule has 0 aromatic rings. The van der Waals surface area contributed by atoms with Crippen LogP contribution in [0.1, 0.15) is 38.5 Å². The van der Waals surface area contributed by atoms with E-state index in [-0.39, 0.29) is 0 Å². The van der Waals surface area contributed by atoms with Gasteiger partial charge in [0.05, 0.1) is 0 Å². The van der Waals surface area contributed by atoms with Gasteiger partial charge < -0.3 is 0 Å². The molecule has 0 spiro atoms. The Balaban J connectivity index is 2.25. The Labute approximate surface area is 79.9 Å². The van der Waals surface area contributed by atoms with Gasteiger partial charge in [-0.2, -0.15) is 24.4 Å². The first-order valence-corrected chi connectivity index (χ1v) is 6.32. The molecule has 2 heteroatoms. The Kier molecular flexibility index (Phi) is 4.14. The molecule has 1 saturated carbocycles. The van der Waals surface area contributed by atoms with Gasteiger partial charge in [-0.15, -0.1) is 0 Å². The van der Waals surface area contributed by atoms with Crippen LogP contribution in [0.2, 0.25) is 0 Å². The van der Waals surface area contributed by atoms with Gasteiger partial charge in [0.25, 0.3) is 0 Å². The molecule has 0 atom stereocenters. The van der Waals surface area contributed by atoms with E-state index in [9.17, 15) is 0 Å². The van der Waals surface area contributed by atoms with Crippen molar-refractivity contribution in [3.05, 3.63) is 0 Å². The van der Waals surface area contributed by atoms with Gasteiger partial charge in [0.2, 0.25) is 0 Å². The molecule has 1 aliphatic carbocycles. The summed E-state index contributed by atoms with van der Waals surface area (Å²) in [6.45, 7) is 0. The summed E-state index contributed by atoms with van der Waals surface area (Å²) in [6.07, 6.45) is 10.4. The monoisotopic (exact) mass is 190 g/mol. The van der Waals surface area contributed by atoms with E-state index < -0.39 is 0 Å². The Hall–Kier alpha value is 0.700. The third-order valence-electron chi connectivity index (χ3n) is 2.56. The van der Waals surface area contributed by atoms with Crippen molar-refractivity contribution < 1.29 is 0 Å². The van der Waals surface area contributed by atoms with E-state index in [2.05, 4.69) is 6.26 Å². The average molecular weight is 190 g/mol. The summed E-state index contributed by atoms with van der Waals surface area (Å²) < 4.78 is 0.404. The van der Waals surface area contributed by atoms with Crippen LogP contribution in [0.4, 0.5) is 0 Å². The lowest BCUT2D eigenvalue weighted by Gasteiger charge is -2.32. The second kappa shape index (κ2) is 4.66. The summed E-state index contributed by atoms with van der Waals surface area (Å²) in [4.78, 5) is 0. The highest BCUT2D eigenvalue weighted by atomic mass is 32.2. The molecule has 0 aromatic carbocycles. The third-order valence-corrected chi connectivity index (χ3v) is 3.84. The minimum atomic E-state index is 0.404. The predicted molar refractivity (Wildman–Crippen MR) is 57.8 cm³/mol. The molecular weight excluding hydrogens is 172 g/mol. The van der Waals surface area contributed by atoms with E-state index in [1.807, 2.05) is 11.8 Å². The molecule has 1 rings (SSSR count). The predicted octanol–water partition coefficient (Wildman–Crippen LogP) is 3.37. The van der Waals surface area contributed by atoms with Crippen molar-refractivity contribution in [3.63, 3.8) is 0 Å². The summed E-state index contributed by atoms with van der Waals surface area (Å²) in [5.41, 5.74) is 0. The molecule has 0 heterocycles. The highest BCUT2D eigenvalue weighted by Gasteiger charge is 2.26. The summed E-state index contributed by atoms with van der Waals surface area (Å²) in [6, 6.07) is 0. The lowest BCUT2D eigenvalue weighted by atomic mass is 9.86. The fraction of sp³-hybridized carbons (Fsp3) is 1.00. The van der Waals surface area contributed by atoms with Crippen molar-refractivity contribution in [1.82, 2.24) is 0 Å². The van der Waals surface area contributed by atoms with Crippen LogP contribution in [0, 0.1) is 0 Å². The van der Waals surface area contributed by atoms with Crippen molar-refractivity contribution in [3.8, 4) is 0 Å². The van der Waals surface area contributed by atoms with Gasteiger partial charge in [-0.25, -0.2) is 0 Å². The zero-order valence-electron chi connectivity index (χ0n) is 7.31. The Morgan fingerprint density at radius 2 is 1.91 bits per heavy atom. The third kappa shape index (κ3) is 3.29. The smallest absolute Gasteiger partial charge is 0.0137 e. The van der Waals surface area contributed by atoms with Crippen molar-refractivity contribution in [1.29, 1.82) is 0 Å². The van der Waals surface area contributed by atoms with Crippen LogP contribution < -0.4 is 0 Å². The second-order valence-corrected chi connectivity index (χ2v) is 5.46. The lowest BCUT2D eigenvalue weighted by molar-refractivity contribution is 0.393. The highest BCUT2D eigenvalue weighted by Crippen LogP contribution is 2.36. The largest absolute Gasteiger partial charge is 0.172 e. The number of hydrogen-bond donors (Lipinski definition) is 1. The molecular formula is C9H18S2. The minimum Gasteiger partial charge on any atom is -0.172 e. The Morgan fingerprint density at radius 1 is 1.27 bits per heavy atom. The summed E-state index contributed by atoms with van der Waals surface area (Å²) in [5.74, 6) is 1.28. The maximum atomic E-state index is 4.77. The zero-order chi connectivity index (χ0) is 8.16. The van der Waals surface area contributed by atoms with Crippen LogP contribution in [0.25, 0.3) is 0 Å². The van der Waals surface area contributed by atoms with Gasteiger partial charge >= 0.3 is 0 Å². The van der Waals surface area contributed by atoms with E-state index in [0.717, 1.165) is 0 Å². The summed E-state index contributed by atoms with van der Waals surface area (Å²) in [7, 11) is 0. The van der Waals surface area contributed by atoms with Crippen LogP contribution in [0.3, 0.4) is 0 Å². The topological polar surface area (TPSA) is 0 Å². The first kappa shape index (κ1) is 9.79.